The van der Waals surface area contributed by atoms with E-state index in [2.05, 4.69) is 28.7 Å². The van der Waals surface area contributed by atoms with Crippen molar-refractivity contribution < 1.29 is 5.11 Å². The Morgan fingerprint density at radius 2 is 2.00 bits per heavy atom. The average molecular weight is 353 g/mol. The van der Waals surface area contributed by atoms with E-state index in [-0.39, 0.29) is 23.0 Å². The van der Waals surface area contributed by atoms with E-state index in [1.54, 1.807) is 4.57 Å². The van der Waals surface area contributed by atoms with Gasteiger partial charge in [-0.2, -0.15) is 0 Å². The first kappa shape index (κ1) is 18.9. The Morgan fingerprint density at radius 3 is 2.62 bits per heavy atom. The van der Waals surface area contributed by atoms with E-state index >= 15 is 0 Å². The second-order valence-electron chi connectivity index (χ2n) is 6.22. The van der Waals surface area contributed by atoms with Gasteiger partial charge in [-0.3, -0.25) is 19.3 Å². The Morgan fingerprint density at radius 1 is 1.33 bits per heavy atom. The van der Waals surface area contributed by atoms with E-state index in [1.807, 2.05) is 0 Å². The van der Waals surface area contributed by atoms with Gasteiger partial charge in [0, 0.05) is 18.8 Å². The van der Waals surface area contributed by atoms with E-state index in [9.17, 15) is 9.90 Å². The van der Waals surface area contributed by atoms with Crippen LogP contribution in [-0.4, -0.2) is 52.0 Å². The molecule has 2 rings (SSSR count). The lowest BCUT2D eigenvalue weighted by Crippen LogP contribution is -2.26. The second kappa shape index (κ2) is 9.13. The lowest BCUT2D eigenvalue weighted by Gasteiger charge is -2.25. The first-order chi connectivity index (χ1) is 11.6. The van der Waals surface area contributed by atoms with Crippen LogP contribution >= 0.6 is 12.2 Å². The van der Waals surface area contributed by atoms with Crippen LogP contribution in [0.5, 0.6) is 5.88 Å². The number of nitrogens with one attached hydrogen (secondary N) is 1. The molecule has 1 aliphatic carbocycles. The third-order valence-electron chi connectivity index (χ3n) is 4.75. The van der Waals surface area contributed by atoms with Crippen molar-refractivity contribution in [3.63, 3.8) is 0 Å². The van der Waals surface area contributed by atoms with Gasteiger partial charge in [0.1, 0.15) is 5.56 Å². The van der Waals surface area contributed by atoms with E-state index in [4.69, 9.17) is 12.2 Å². The van der Waals surface area contributed by atoms with Crippen LogP contribution in [0.4, 0.5) is 0 Å². The molecule has 0 radical (unpaired) electrons. The van der Waals surface area contributed by atoms with Crippen LogP contribution < -0.4 is 5.56 Å². The number of aliphatic imine (C=N–C) groups is 1. The molecule has 24 heavy (non-hydrogen) atoms. The second-order valence-corrected chi connectivity index (χ2v) is 6.61. The fourth-order valence-electron chi connectivity index (χ4n) is 3.24. The Hall–Kier alpha value is -1.47. The molecule has 2 N–H and O–H groups in total. The fourth-order valence-corrected chi connectivity index (χ4v) is 3.57. The van der Waals surface area contributed by atoms with Crippen LogP contribution in [0.15, 0.2) is 9.79 Å². The number of likely N-dealkylation sites (N-methyl/N-ethyl adjacent to an activating group) is 1. The number of aromatic amines is 1. The number of nitrogens with zero attached hydrogens (tertiary/aromatic N) is 3. The first-order valence-corrected chi connectivity index (χ1v) is 9.29. The average Bonchev–Trinajstić information content (AvgIpc) is 2.58. The lowest BCUT2D eigenvalue weighted by molar-refractivity contribution is 0.302. The molecule has 0 aromatic carbocycles. The molecule has 134 valence electrons. The van der Waals surface area contributed by atoms with E-state index in [0.29, 0.717) is 11.3 Å². The highest BCUT2D eigenvalue weighted by Gasteiger charge is 2.20. The number of hydrogen-bond acceptors (Lipinski definition) is 5. The van der Waals surface area contributed by atoms with Crippen molar-refractivity contribution in [2.24, 2.45) is 4.99 Å². The van der Waals surface area contributed by atoms with Crippen molar-refractivity contribution in [2.75, 3.05) is 26.2 Å². The highest BCUT2D eigenvalue weighted by Crippen LogP contribution is 2.31. The molecule has 0 saturated heterocycles. The fraction of sp³-hybridized carbons (Fsp3) is 0.706. The standard InChI is InChI=1S/C17H28N4O2S/c1-3-20(4-2)11-10-18-12-14-15(22)19-17(24)21(16(14)23)13-8-6-5-7-9-13/h12-13,23H,3-11H2,1-2H3,(H,19,22,24). The Bertz CT molecular complexity index is 670. The molecule has 1 heterocycles. The normalized spacial score (nSPS) is 16.3. The molecule has 0 spiro atoms. The van der Waals surface area contributed by atoms with Gasteiger partial charge in [-0.15, -0.1) is 0 Å². The maximum Gasteiger partial charge on any atom is 0.264 e. The summed E-state index contributed by atoms with van der Waals surface area (Å²) < 4.78 is 1.99. The molecule has 1 aromatic rings. The summed E-state index contributed by atoms with van der Waals surface area (Å²) in [6.07, 6.45) is 6.90. The molecule has 1 aromatic heterocycles. The zero-order valence-electron chi connectivity index (χ0n) is 14.6. The first-order valence-electron chi connectivity index (χ1n) is 8.88. The Kier molecular flexibility index (Phi) is 7.17. The summed E-state index contributed by atoms with van der Waals surface area (Å²) in [6.45, 7) is 7.61. The Balaban J connectivity index is 2.20. The van der Waals surface area contributed by atoms with Gasteiger partial charge in [-0.25, -0.2) is 0 Å². The van der Waals surface area contributed by atoms with Gasteiger partial charge in [0.2, 0.25) is 5.88 Å². The van der Waals surface area contributed by atoms with E-state index < -0.39 is 0 Å². The van der Waals surface area contributed by atoms with Crippen molar-refractivity contribution >= 4 is 18.4 Å². The molecule has 0 atom stereocenters. The molecular weight excluding hydrogens is 324 g/mol. The van der Waals surface area contributed by atoms with Gasteiger partial charge in [0.05, 0.1) is 6.54 Å². The molecule has 0 amide bonds. The predicted octanol–water partition coefficient (Wildman–Crippen LogP) is 2.88. The summed E-state index contributed by atoms with van der Waals surface area (Å²) in [5.74, 6) is -0.0535. The molecule has 1 aliphatic rings. The minimum Gasteiger partial charge on any atom is -0.494 e. The minimum absolute atomic E-state index is 0.0535. The molecule has 0 unspecified atom stereocenters. The summed E-state index contributed by atoms with van der Waals surface area (Å²) in [4.78, 5) is 21.4. The van der Waals surface area contributed by atoms with Gasteiger partial charge in [-0.1, -0.05) is 33.1 Å². The third kappa shape index (κ3) is 4.54. The van der Waals surface area contributed by atoms with Crippen LogP contribution in [0.2, 0.25) is 0 Å². The van der Waals surface area contributed by atoms with Crippen LogP contribution in [0, 0.1) is 4.77 Å². The van der Waals surface area contributed by atoms with Gasteiger partial charge in [-0.05, 0) is 38.1 Å². The van der Waals surface area contributed by atoms with Crippen LogP contribution in [0.3, 0.4) is 0 Å². The highest BCUT2D eigenvalue weighted by molar-refractivity contribution is 7.71. The summed E-state index contributed by atoms with van der Waals surface area (Å²) in [7, 11) is 0. The van der Waals surface area contributed by atoms with Crippen LogP contribution in [0.25, 0.3) is 0 Å². The summed E-state index contributed by atoms with van der Waals surface area (Å²) in [6, 6.07) is 0.158. The number of H-pyrrole nitrogens is 1. The number of hydrogen-bond donors (Lipinski definition) is 2. The smallest absolute Gasteiger partial charge is 0.264 e. The van der Waals surface area contributed by atoms with Gasteiger partial charge in [0.25, 0.3) is 5.56 Å². The van der Waals surface area contributed by atoms with Crippen molar-refractivity contribution in [1.82, 2.24) is 14.5 Å². The lowest BCUT2D eigenvalue weighted by atomic mass is 9.95. The van der Waals surface area contributed by atoms with Crippen molar-refractivity contribution in [3.8, 4) is 5.88 Å². The molecule has 0 aliphatic heterocycles. The largest absolute Gasteiger partial charge is 0.494 e. The maximum absolute atomic E-state index is 12.1. The van der Waals surface area contributed by atoms with E-state index in [1.165, 1.54) is 12.6 Å². The maximum atomic E-state index is 12.1. The zero-order chi connectivity index (χ0) is 17.5. The highest BCUT2D eigenvalue weighted by atomic mass is 32.1. The number of aromatic nitrogens is 2. The summed E-state index contributed by atoms with van der Waals surface area (Å²) in [5, 5.41) is 10.6. The van der Waals surface area contributed by atoms with Crippen molar-refractivity contribution in [2.45, 2.75) is 52.0 Å². The Labute approximate surface area is 148 Å². The summed E-state index contributed by atoms with van der Waals surface area (Å²) >= 11 is 5.26. The molecule has 7 heteroatoms. The van der Waals surface area contributed by atoms with E-state index in [0.717, 1.165) is 45.3 Å². The molecular formula is C17H28N4O2S. The quantitative estimate of drug-likeness (QED) is 0.584. The third-order valence-corrected chi connectivity index (χ3v) is 5.05. The number of aromatic hydroxyl groups is 1. The summed E-state index contributed by atoms with van der Waals surface area (Å²) in [5.41, 5.74) is -0.176. The molecule has 6 nitrogen and oxygen atoms in total. The van der Waals surface area contributed by atoms with Gasteiger partial charge >= 0.3 is 0 Å². The van der Waals surface area contributed by atoms with Crippen LogP contribution in [-0.2, 0) is 0 Å². The van der Waals surface area contributed by atoms with Crippen LogP contribution in [0.1, 0.15) is 57.6 Å². The molecule has 1 saturated carbocycles. The van der Waals surface area contributed by atoms with Gasteiger partial charge in [0.15, 0.2) is 4.77 Å². The molecule has 1 fully saturated rings. The minimum atomic E-state index is -0.379. The predicted molar refractivity (Wildman–Crippen MR) is 99.9 cm³/mol. The molecule has 0 bridgehead atoms. The van der Waals surface area contributed by atoms with Crippen molar-refractivity contribution in [3.05, 3.63) is 20.7 Å². The number of rotatable bonds is 7. The monoisotopic (exact) mass is 352 g/mol. The topological polar surface area (TPSA) is 73.6 Å². The SMILES string of the molecule is CCN(CC)CCN=Cc1c(O)n(C2CCCCC2)c(=S)[nH]c1=O. The van der Waals surface area contributed by atoms with Crippen molar-refractivity contribution in [1.29, 1.82) is 0 Å². The zero-order valence-corrected chi connectivity index (χ0v) is 15.4. The van der Waals surface area contributed by atoms with Gasteiger partial charge < -0.3 is 10.0 Å².